The Morgan fingerprint density at radius 1 is 1.33 bits per heavy atom. The Morgan fingerprint density at radius 2 is 1.95 bits per heavy atom. The SMILES string of the molecule is CN(C)C1CCCN(S(=O)(=O)c2ccc(C(N)=S)cc2)C1. The van der Waals surface area contributed by atoms with Gasteiger partial charge in [0.15, 0.2) is 0 Å². The monoisotopic (exact) mass is 327 g/mol. The van der Waals surface area contributed by atoms with E-state index in [1.54, 1.807) is 28.6 Å². The molecule has 1 aromatic rings. The standard InChI is InChI=1S/C14H21N3O2S2/c1-16(2)12-4-3-9-17(10-12)21(18,19)13-7-5-11(6-8-13)14(15)20/h5-8,12H,3-4,9-10H2,1-2H3,(H2,15,20). The summed E-state index contributed by atoms with van der Waals surface area (Å²) >= 11 is 4.88. The van der Waals surface area contributed by atoms with Crippen LogP contribution in [0.5, 0.6) is 0 Å². The first-order valence-corrected chi connectivity index (χ1v) is 8.73. The number of piperidine rings is 1. The predicted molar refractivity (Wildman–Crippen MR) is 87.8 cm³/mol. The fourth-order valence-corrected chi connectivity index (χ4v) is 4.15. The zero-order valence-electron chi connectivity index (χ0n) is 12.3. The average Bonchev–Trinajstić information content (AvgIpc) is 2.47. The van der Waals surface area contributed by atoms with Crippen molar-refractivity contribution in [1.82, 2.24) is 9.21 Å². The van der Waals surface area contributed by atoms with Gasteiger partial charge in [-0.2, -0.15) is 4.31 Å². The molecule has 1 unspecified atom stereocenters. The van der Waals surface area contributed by atoms with Crippen LogP contribution in [0.25, 0.3) is 0 Å². The molecule has 1 atom stereocenters. The van der Waals surface area contributed by atoms with Crippen molar-refractivity contribution >= 4 is 27.2 Å². The van der Waals surface area contributed by atoms with Gasteiger partial charge in [0.1, 0.15) is 4.99 Å². The van der Waals surface area contributed by atoms with E-state index in [1.165, 1.54) is 0 Å². The Hall–Kier alpha value is -1.02. The largest absolute Gasteiger partial charge is 0.389 e. The third-order valence-corrected chi connectivity index (χ3v) is 5.98. The van der Waals surface area contributed by atoms with Crippen LogP contribution < -0.4 is 5.73 Å². The number of likely N-dealkylation sites (N-methyl/N-ethyl adjacent to an activating group) is 1. The van der Waals surface area contributed by atoms with Gasteiger partial charge in [-0.25, -0.2) is 8.42 Å². The number of benzene rings is 1. The fourth-order valence-electron chi connectivity index (χ4n) is 2.50. The van der Waals surface area contributed by atoms with Crippen molar-refractivity contribution in [2.75, 3.05) is 27.2 Å². The van der Waals surface area contributed by atoms with Crippen LogP contribution in [0.4, 0.5) is 0 Å². The lowest BCUT2D eigenvalue weighted by atomic mass is 10.1. The Kier molecular flexibility index (Phi) is 4.98. The lowest BCUT2D eigenvalue weighted by Gasteiger charge is -2.35. The van der Waals surface area contributed by atoms with Gasteiger partial charge < -0.3 is 10.6 Å². The highest BCUT2D eigenvalue weighted by molar-refractivity contribution is 7.89. The van der Waals surface area contributed by atoms with Crippen LogP contribution in [0.2, 0.25) is 0 Å². The number of rotatable bonds is 4. The highest BCUT2D eigenvalue weighted by Crippen LogP contribution is 2.22. The maximum atomic E-state index is 12.7. The van der Waals surface area contributed by atoms with E-state index in [-0.39, 0.29) is 11.0 Å². The number of hydrogen-bond acceptors (Lipinski definition) is 4. The van der Waals surface area contributed by atoms with Crippen LogP contribution >= 0.6 is 12.2 Å². The predicted octanol–water partition coefficient (Wildman–Crippen LogP) is 1.04. The van der Waals surface area contributed by atoms with Crippen molar-refractivity contribution in [3.8, 4) is 0 Å². The Balaban J connectivity index is 2.22. The number of thiocarbonyl (C=S) groups is 1. The second-order valence-corrected chi connectivity index (χ2v) is 7.89. The molecule has 116 valence electrons. The summed E-state index contributed by atoms with van der Waals surface area (Å²) in [5.74, 6) is 0. The maximum Gasteiger partial charge on any atom is 0.243 e. The van der Waals surface area contributed by atoms with Gasteiger partial charge in [-0.15, -0.1) is 0 Å². The van der Waals surface area contributed by atoms with Crippen LogP contribution in [0.1, 0.15) is 18.4 Å². The lowest BCUT2D eigenvalue weighted by molar-refractivity contribution is 0.190. The molecule has 5 nitrogen and oxygen atoms in total. The van der Waals surface area contributed by atoms with E-state index in [1.807, 2.05) is 14.1 Å². The van der Waals surface area contributed by atoms with Gasteiger partial charge in [0.2, 0.25) is 10.0 Å². The van der Waals surface area contributed by atoms with Crippen molar-refractivity contribution in [1.29, 1.82) is 0 Å². The van der Waals surface area contributed by atoms with Gasteiger partial charge in [0, 0.05) is 24.7 Å². The molecule has 7 heteroatoms. The molecule has 0 radical (unpaired) electrons. The molecule has 2 rings (SSSR count). The molecule has 0 amide bonds. The minimum absolute atomic E-state index is 0.268. The summed E-state index contributed by atoms with van der Waals surface area (Å²) in [6.45, 7) is 1.11. The Labute approximate surface area is 131 Å². The molecular weight excluding hydrogens is 306 g/mol. The summed E-state index contributed by atoms with van der Waals surface area (Å²) in [6.07, 6.45) is 1.91. The van der Waals surface area contributed by atoms with E-state index in [0.29, 0.717) is 23.5 Å². The smallest absolute Gasteiger partial charge is 0.243 e. The maximum absolute atomic E-state index is 12.7. The van der Waals surface area contributed by atoms with Crippen molar-refractivity contribution in [2.45, 2.75) is 23.8 Å². The first kappa shape index (κ1) is 16.4. The van der Waals surface area contributed by atoms with E-state index >= 15 is 0 Å². The molecule has 0 bridgehead atoms. The van der Waals surface area contributed by atoms with Crippen molar-refractivity contribution in [2.24, 2.45) is 5.73 Å². The molecule has 1 aliphatic rings. The summed E-state index contributed by atoms with van der Waals surface area (Å²) < 4.78 is 26.9. The molecule has 0 saturated carbocycles. The second-order valence-electron chi connectivity index (χ2n) is 5.51. The van der Waals surface area contributed by atoms with Crippen molar-refractivity contribution in [3.63, 3.8) is 0 Å². The number of hydrogen-bond donors (Lipinski definition) is 1. The average molecular weight is 327 g/mol. The number of nitrogens with two attached hydrogens (primary N) is 1. The van der Waals surface area contributed by atoms with Crippen molar-refractivity contribution < 1.29 is 8.42 Å². The second kappa shape index (κ2) is 6.39. The minimum atomic E-state index is -3.45. The highest BCUT2D eigenvalue weighted by atomic mass is 32.2. The first-order valence-electron chi connectivity index (χ1n) is 6.89. The lowest BCUT2D eigenvalue weighted by Crippen LogP contribution is -2.47. The van der Waals surface area contributed by atoms with Crippen LogP contribution in [0, 0.1) is 0 Å². The molecular formula is C14H21N3O2S2. The molecule has 1 aromatic carbocycles. The molecule has 1 saturated heterocycles. The van der Waals surface area contributed by atoms with Crippen LogP contribution in [0.15, 0.2) is 29.2 Å². The Bertz CT molecular complexity index is 612. The number of sulfonamides is 1. The number of nitrogens with zero attached hydrogens (tertiary/aromatic N) is 2. The quantitative estimate of drug-likeness (QED) is 0.837. The molecule has 21 heavy (non-hydrogen) atoms. The zero-order chi connectivity index (χ0) is 15.6. The van der Waals surface area contributed by atoms with E-state index in [0.717, 1.165) is 12.8 Å². The van der Waals surface area contributed by atoms with Gasteiger partial charge >= 0.3 is 0 Å². The van der Waals surface area contributed by atoms with Gasteiger partial charge in [0.25, 0.3) is 0 Å². The van der Waals surface area contributed by atoms with Gasteiger partial charge in [0.05, 0.1) is 4.90 Å². The highest BCUT2D eigenvalue weighted by Gasteiger charge is 2.30. The molecule has 2 N–H and O–H groups in total. The van der Waals surface area contributed by atoms with E-state index < -0.39 is 10.0 Å². The molecule has 0 spiro atoms. The molecule has 0 aromatic heterocycles. The summed E-state index contributed by atoms with van der Waals surface area (Å²) in [5.41, 5.74) is 6.21. The summed E-state index contributed by atoms with van der Waals surface area (Å²) in [4.78, 5) is 2.64. The minimum Gasteiger partial charge on any atom is -0.389 e. The normalized spacial score (nSPS) is 20.6. The zero-order valence-corrected chi connectivity index (χ0v) is 14.0. The molecule has 1 aliphatic heterocycles. The third-order valence-electron chi connectivity index (χ3n) is 3.87. The van der Waals surface area contributed by atoms with E-state index in [2.05, 4.69) is 4.90 Å². The third kappa shape index (κ3) is 3.60. The Morgan fingerprint density at radius 3 is 2.48 bits per heavy atom. The van der Waals surface area contributed by atoms with Gasteiger partial charge in [-0.3, -0.25) is 0 Å². The van der Waals surface area contributed by atoms with Gasteiger partial charge in [-0.05, 0) is 39.1 Å². The summed E-state index contributed by atoms with van der Waals surface area (Å²) in [6, 6.07) is 6.72. The van der Waals surface area contributed by atoms with Crippen LogP contribution in [-0.4, -0.2) is 55.8 Å². The van der Waals surface area contributed by atoms with Gasteiger partial charge in [-0.1, -0.05) is 24.4 Å². The molecule has 1 fully saturated rings. The van der Waals surface area contributed by atoms with Crippen LogP contribution in [0.3, 0.4) is 0 Å². The van der Waals surface area contributed by atoms with Crippen LogP contribution in [-0.2, 0) is 10.0 Å². The van der Waals surface area contributed by atoms with E-state index in [9.17, 15) is 8.42 Å². The van der Waals surface area contributed by atoms with E-state index in [4.69, 9.17) is 18.0 Å². The summed E-state index contributed by atoms with van der Waals surface area (Å²) in [5, 5.41) is 0. The topological polar surface area (TPSA) is 66.6 Å². The first-order chi connectivity index (χ1) is 9.82. The molecule has 0 aliphatic carbocycles. The fraction of sp³-hybridized carbons (Fsp3) is 0.500. The molecule has 1 heterocycles. The van der Waals surface area contributed by atoms with Crippen molar-refractivity contribution in [3.05, 3.63) is 29.8 Å². The summed E-state index contributed by atoms with van der Waals surface area (Å²) in [7, 11) is 0.519.